The van der Waals surface area contributed by atoms with E-state index in [1.54, 1.807) is 7.11 Å². The molecule has 4 aromatic rings. The lowest BCUT2D eigenvalue weighted by Crippen LogP contribution is -2.05. The zero-order valence-electron chi connectivity index (χ0n) is 17.5. The summed E-state index contributed by atoms with van der Waals surface area (Å²) in [6, 6.07) is 26.5. The van der Waals surface area contributed by atoms with Crippen molar-refractivity contribution in [2.24, 2.45) is 0 Å². The Kier molecular flexibility index (Phi) is 5.31. The summed E-state index contributed by atoms with van der Waals surface area (Å²) in [5, 5.41) is 8.45. The molecule has 0 amide bonds. The third-order valence-corrected chi connectivity index (χ3v) is 5.57. The molecule has 5 nitrogen and oxygen atoms in total. The van der Waals surface area contributed by atoms with Gasteiger partial charge in [-0.2, -0.15) is 5.10 Å². The molecule has 0 saturated heterocycles. The van der Waals surface area contributed by atoms with Gasteiger partial charge in [0.15, 0.2) is 0 Å². The SMILES string of the molecule is COc1cccc(Cc2nn(-c3ccc(OCc4ccccc4)cc3)c3c2CCN3)c1. The molecule has 1 aliphatic heterocycles. The fourth-order valence-corrected chi connectivity index (χ4v) is 3.97. The van der Waals surface area contributed by atoms with Crippen molar-refractivity contribution in [2.75, 3.05) is 19.0 Å². The predicted octanol–water partition coefficient (Wildman–Crippen LogP) is 5.02. The molecule has 31 heavy (non-hydrogen) atoms. The lowest BCUT2D eigenvalue weighted by molar-refractivity contribution is 0.306. The fourth-order valence-electron chi connectivity index (χ4n) is 3.97. The van der Waals surface area contributed by atoms with E-state index in [0.29, 0.717) is 6.61 Å². The molecule has 0 radical (unpaired) electrons. The molecule has 1 aromatic heterocycles. The molecule has 0 saturated carbocycles. The lowest BCUT2D eigenvalue weighted by atomic mass is 10.1. The minimum absolute atomic E-state index is 0.559. The number of hydrogen-bond acceptors (Lipinski definition) is 4. The molecule has 1 N–H and O–H groups in total. The van der Waals surface area contributed by atoms with Crippen LogP contribution in [0.25, 0.3) is 5.69 Å². The molecule has 0 aliphatic carbocycles. The Balaban J connectivity index is 1.36. The monoisotopic (exact) mass is 411 g/mol. The lowest BCUT2D eigenvalue weighted by Gasteiger charge is -2.09. The minimum atomic E-state index is 0.559. The van der Waals surface area contributed by atoms with Crippen LogP contribution >= 0.6 is 0 Å². The van der Waals surface area contributed by atoms with Gasteiger partial charge >= 0.3 is 0 Å². The Bertz CT molecular complexity index is 1170. The van der Waals surface area contributed by atoms with Gasteiger partial charge in [-0.15, -0.1) is 0 Å². The van der Waals surface area contributed by atoms with Gasteiger partial charge in [0.25, 0.3) is 0 Å². The van der Waals surface area contributed by atoms with Gasteiger partial charge in [-0.1, -0.05) is 42.5 Å². The molecule has 5 heteroatoms. The van der Waals surface area contributed by atoms with Crippen LogP contribution in [-0.2, 0) is 19.4 Å². The summed E-state index contributed by atoms with van der Waals surface area (Å²) in [6.45, 7) is 1.50. The van der Waals surface area contributed by atoms with Gasteiger partial charge in [-0.05, 0) is 53.9 Å². The van der Waals surface area contributed by atoms with E-state index in [1.807, 2.05) is 47.1 Å². The second-order valence-electron chi connectivity index (χ2n) is 7.66. The van der Waals surface area contributed by atoms with Crippen molar-refractivity contribution in [2.45, 2.75) is 19.4 Å². The van der Waals surface area contributed by atoms with Crippen LogP contribution in [-0.4, -0.2) is 23.4 Å². The van der Waals surface area contributed by atoms with Gasteiger partial charge in [0, 0.05) is 18.5 Å². The highest BCUT2D eigenvalue weighted by atomic mass is 16.5. The maximum absolute atomic E-state index is 5.92. The van der Waals surface area contributed by atoms with E-state index >= 15 is 0 Å². The summed E-state index contributed by atoms with van der Waals surface area (Å²) in [5.41, 5.74) is 5.78. The second kappa shape index (κ2) is 8.56. The average molecular weight is 412 g/mol. The van der Waals surface area contributed by atoms with Crippen molar-refractivity contribution in [1.29, 1.82) is 0 Å². The van der Waals surface area contributed by atoms with Crippen molar-refractivity contribution in [1.82, 2.24) is 9.78 Å². The third-order valence-electron chi connectivity index (χ3n) is 5.57. The first-order valence-electron chi connectivity index (χ1n) is 10.5. The molecule has 0 bridgehead atoms. The molecular weight excluding hydrogens is 386 g/mol. The van der Waals surface area contributed by atoms with E-state index in [0.717, 1.165) is 53.6 Å². The number of hydrogen-bond donors (Lipinski definition) is 1. The maximum Gasteiger partial charge on any atom is 0.133 e. The summed E-state index contributed by atoms with van der Waals surface area (Å²) in [7, 11) is 1.70. The van der Waals surface area contributed by atoms with Gasteiger partial charge in [-0.25, -0.2) is 4.68 Å². The van der Waals surface area contributed by atoms with Crippen LogP contribution in [0.4, 0.5) is 5.82 Å². The number of methoxy groups -OCH3 is 1. The van der Waals surface area contributed by atoms with Gasteiger partial charge in [0.05, 0.1) is 18.5 Å². The van der Waals surface area contributed by atoms with Gasteiger partial charge in [0.2, 0.25) is 0 Å². The van der Waals surface area contributed by atoms with E-state index in [1.165, 1.54) is 11.1 Å². The molecule has 5 rings (SSSR count). The van der Waals surface area contributed by atoms with Crippen LogP contribution in [0.1, 0.15) is 22.4 Å². The van der Waals surface area contributed by atoms with Gasteiger partial charge < -0.3 is 14.8 Å². The number of aromatic nitrogens is 2. The second-order valence-corrected chi connectivity index (χ2v) is 7.66. The molecular formula is C26H25N3O2. The molecule has 156 valence electrons. The van der Waals surface area contributed by atoms with Crippen LogP contribution in [0.15, 0.2) is 78.9 Å². The fraction of sp³-hybridized carbons (Fsp3) is 0.192. The Morgan fingerprint density at radius 1 is 0.903 bits per heavy atom. The van der Waals surface area contributed by atoms with E-state index in [9.17, 15) is 0 Å². The van der Waals surface area contributed by atoms with Crippen LogP contribution in [0.3, 0.4) is 0 Å². The predicted molar refractivity (Wildman–Crippen MR) is 122 cm³/mol. The van der Waals surface area contributed by atoms with Crippen molar-refractivity contribution in [3.05, 3.63) is 101 Å². The van der Waals surface area contributed by atoms with Crippen LogP contribution < -0.4 is 14.8 Å². The van der Waals surface area contributed by atoms with Crippen molar-refractivity contribution in [3.8, 4) is 17.2 Å². The first-order valence-corrected chi connectivity index (χ1v) is 10.5. The number of fused-ring (bicyclic) bond motifs is 1. The van der Waals surface area contributed by atoms with E-state index in [2.05, 4.69) is 41.7 Å². The van der Waals surface area contributed by atoms with Crippen LogP contribution in [0, 0.1) is 0 Å². The first-order chi connectivity index (χ1) is 15.3. The van der Waals surface area contributed by atoms with E-state index in [-0.39, 0.29) is 0 Å². The molecule has 0 spiro atoms. The molecule has 3 aromatic carbocycles. The summed E-state index contributed by atoms with van der Waals surface area (Å²) in [4.78, 5) is 0. The van der Waals surface area contributed by atoms with E-state index in [4.69, 9.17) is 14.6 Å². The number of nitrogens with zero attached hydrogens (tertiary/aromatic N) is 2. The average Bonchev–Trinajstić information content (AvgIpc) is 3.43. The zero-order valence-corrected chi connectivity index (χ0v) is 17.5. The minimum Gasteiger partial charge on any atom is -0.497 e. The Morgan fingerprint density at radius 2 is 1.71 bits per heavy atom. The Labute approximate surface area is 182 Å². The Morgan fingerprint density at radius 3 is 2.52 bits per heavy atom. The van der Waals surface area contributed by atoms with Gasteiger partial charge in [0.1, 0.15) is 23.9 Å². The van der Waals surface area contributed by atoms with Crippen molar-refractivity contribution >= 4 is 5.82 Å². The van der Waals surface area contributed by atoms with Gasteiger partial charge in [-0.3, -0.25) is 0 Å². The normalized spacial score (nSPS) is 12.3. The number of ether oxygens (including phenoxy) is 2. The van der Waals surface area contributed by atoms with Crippen LogP contribution in [0.5, 0.6) is 11.5 Å². The molecule has 1 aliphatic rings. The highest BCUT2D eigenvalue weighted by molar-refractivity contribution is 5.58. The molecule has 0 fully saturated rings. The topological polar surface area (TPSA) is 48.3 Å². The van der Waals surface area contributed by atoms with Crippen LogP contribution in [0.2, 0.25) is 0 Å². The number of nitrogens with one attached hydrogen (secondary N) is 1. The smallest absolute Gasteiger partial charge is 0.133 e. The summed E-state index contributed by atoms with van der Waals surface area (Å²) >= 11 is 0. The standard InChI is InChI=1S/C26H25N3O2/c1-30-23-9-5-8-20(16-23)17-25-24-14-15-27-26(24)29(28-25)21-10-12-22(13-11-21)31-18-19-6-3-2-4-7-19/h2-13,16,27H,14-15,17-18H2,1H3. The molecule has 0 unspecified atom stereocenters. The summed E-state index contributed by atoms with van der Waals surface area (Å²) in [5.74, 6) is 2.81. The Hall–Kier alpha value is -3.73. The highest BCUT2D eigenvalue weighted by Gasteiger charge is 2.23. The summed E-state index contributed by atoms with van der Waals surface area (Å²) < 4.78 is 13.3. The number of anilines is 1. The van der Waals surface area contributed by atoms with Crippen molar-refractivity contribution in [3.63, 3.8) is 0 Å². The summed E-state index contributed by atoms with van der Waals surface area (Å²) in [6.07, 6.45) is 1.78. The van der Waals surface area contributed by atoms with Crippen molar-refractivity contribution < 1.29 is 9.47 Å². The molecule has 2 heterocycles. The quantitative estimate of drug-likeness (QED) is 0.464. The highest BCUT2D eigenvalue weighted by Crippen LogP contribution is 2.31. The molecule has 0 atom stereocenters. The maximum atomic E-state index is 5.92. The number of benzene rings is 3. The first kappa shape index (κ1) is 19.2. The number of rotatable bonds is 7. The van der Waals surface area contributed by atoms with E-state index < -0.39 is 0 Å². The third kappa shape index (κ3) is 4.12. The zero-order chi connectivity index (χ0) is 21.0. The largest absolute Gasteiger partial charge is 0.497 e.